The van der Waals surface area contributed by atoms with Crippen molar-refractivity contribution in [1.29, 1.82) is 0 Å². The van der Waals surface area contributed by atoms with Crippen LogP contribution < -0.4 is 16.0 Å². The van der Waals surface area contributed by atoms with E-state index in [2.05, 4.69) is 9.97 Å². The van der Waals surface area contributed by atoms with Crippen molar-refractivity contribution in [2.45, 2.75) is 25.5 Å². The molecule has 3 aromatic rings. The molecule has 1 aromatic carbocycles. The number of phenols is 1. The van der Waals surface area contributed by atoms with Gasteiger partial charge >= 0.3 is 5.69 Å². The van der Waals surface area contributed by atoms with E-state index in [1.54, 1.807) is 24.3 Å². The number of nitrogens with zero attached hydrogens (tertiary/aromatic N) is 2. The Morgan fingerprint density at radius 1 is 1.33 bits per heavy atom. The van der Waals surface area contributed by atoms with E-state index in [9.17, 15) is 14.7 Å². The normalized spacial score (nSPS) is 16.7. The zero-order valence-electron chi connectivity index (χ0n) is 14.8. The number of pyridine rings is 1. The van der Waals surface area contributed by atoms with Crippen molar-refractivity contribution in [2.75, 3.05) is 13.7 Å². The van der Waals surface area contributed by atoms with E-state index in [0.717, 1.165) is 12.8 Å². The number of rotatable bonds is 4. The van der Waals surface area contributed by atoms with Gasteiger partial charge in [-0.05, 0) is 37.1 Å². The number of aromatic nitrogens is 3. The first-order valence-electron chi connectivity index (χ1n) is 8.69. The van der Waals surface area contributed by atoms with Gasteiger partial charge in [0.25, 0.3) is 5.56 Å². The molecule has 27 heavy (non-hydrogen) atoms. The molecule has 2 aromatic heterocycles. The number of ether oxygens (including phenoxy) is 2. The maximum Gasteiger partial charge on any atom is 0.330 e. The molecule has 0 saturated carbocycles. The van der Waals surface area contributed by atoms with Crippen LogP contribution in [-0.4, -0.2) is 39.5 Å². The van der Waals surface area contributed by atoms with Crippen LogP contribution in [0.1, 0.15) is 12.8 Å². The molecule has 140 valence electrons. The molecule has 0 aliphatic carbocycles. The smallest absolute Gasteiger partial charge is 0.330 e. The molecule has 1 aliphatic rings. The van der Waals surface area contributed by atoms with Crippen molar-refractivity contribution >= 4 is 11.0 Å². The third-order valence-electron chi connectivity index (χ3n) is 4.73. The fourth-order valence-electron chi connectivity index (χ4n) is 3.33. The number of phenolic OH excluding ortho intramolecular Hbond substituents is 1. The van der Waals surface area contributed by atoms with Gasteiger partial charge in [-0.1, -0.05) is 0 Å². The molecule has 8 heteroatoms. The molecule has 2 N–H and O–H groups in total. The molecule has 8 nitrogen and oxygen atoms in total. The molecule has 4 rings (SSSR count). The maximum atomic E-state index is 12.4. The Morgan fingerprint density at radius 2 is 2.19 bits per heavy atom. The Kier molecular flexibility index (Phi) is 4.41. The van der Waals surface area contributed by atoms with Gasteiger partial charge in [-0.15, -0.1) is 0 Å². The first-order chi connectivity index (χ1) is 13.1. The lowest BCUT2D eigenvalue weighted by Crippen LogP contribution is -2.34. The second kappa shape index (κ2) is 6.88. The summed E-state index contributed by atoms with van der Waals surface area (Å²) in [4.78, 5) is 31.4. The summed E-state index contributed by atoms with van der Waals surface area (Å²) >= 11 is 0. The van der Waals surface area contributed by atoms with Crippen LogP contribution in [0.2, 0.25) is 0 Å². The summed E-state index contributed by atoms with van der Waals surface area (Å²) in [6.45, 7) is 0.982. The lowest BCUT2D eigenvalue weighted by atomic mass is 10.1. The number of nitrogens with one attached hydrogen (secondary N) is 1. The topological polar surface area (TPSA) is 106 Å². The highest BCUT2D eigenvalue weighted by Crippen LogP contribution is 2.31. The molecular weight excluding hydrogens is 350 g/mol. The predicted molar refractivity (Wildman–Crippen MR) is 99.3 cm³/mol. The highest BCUT2D eigenvalue weighted by atomic mass is 16.5. The molecular formula is C19H19N3O5. The first kappa shape index (κ1) is 17.3. The minimum Gasteiger partial charge on any atom is -0.507 e. The second-order valence-electron chi connectivity index (χ2n) is 6.46. The fourth-order valence-corrected chi connectivity index (χ4v) is 3.33. The van der Waals surface area contributed by atoms with Crippen LogP contribution in [0, 0.1) is 0 Å². The average molecular weight is 369 g/mol. The summed E-state index contributed by atoms with van der Waals surface area (Å²) in [5.41, 5.74) is 0.193. The third kappa shape index (κ3) is 3.19. The van der Waals surface area contributed by atoms with Gasteiger partial charge in [0.1, 0.15) is 17.1 Å². The molecule has 1 aliphatic heterocycles. The largest absolute Gasteiger partial charge is 0.507 e. The number of aromatic hydroxyl groups is 1. The fraction of sp³-hybridized carbons (Fsp3) is 0.316. The van der Waals surface area contributed by atoms with Gasteiger partial charge in [-0.2, -0.15) is 0 Å². The van der Waals surface area contributed by atoms with E-state index in [1.807, 2.05) is 0 Å². The van der Waals surface area contributed by atoms with Crippen LogP contribution in [0.25, 0.3) is 22.3 Å². The summed E-state index contributed by atoms with van der Waals surface area (Å²) in [6, 6.07) is 8.11. The molecule has 0 amide bonds. The van der Waals surface area contributed by atoms with Crippen molar-refractivity contribution in [3.63, 3.8) is 0 Å². The minimum atomic E-state index is -0.522. The van der Waals surface area contributed by atoms with E-state index >= 15 is 0 Å². The van der Waals surface area contributed by atoms with Crippen molar-refractivity contribution in [1.82, 2.24) is 14.5 Å². The van der Waals surface area contributed by atoms with Gasteiger partial charge in [0.05, 0.1) is 30.8 Å². The average Bonchev–Trinajstić information content (AvgIpc) is 3.18. The van der Waals surface area contributed by atoms with E-state index in [-0.39, 0.29) is 17.5 Å². The van der Waals surface area contributed by atoms with E-state index in [4.69, 9.17) is 9.47 Å². The van der Waals surface area contributed by atoms with Crippen LogP contribution in [0.15, 0.2) is 39.9 Å². The quantitative estimate of drug-likeness (QED) is 0.724. The highest BCUT2D eigenvalue weighted by molar-refractivity contribution is 5.79. The Morgan fingerprint density at radius 3 is 2.89 bits per heavy atom. The standard InChI is InChI=1S/C19H19N3O5/c1-26-11-4-5-13(16(23)9-11)15-7-6-14-17(20-15)22(19(25)21-18(14)24)10-12-3-2-8-27-12/h4-7,9,12,23H,2-3,8,10H2,1H3,(H,21,24,25). The van der Waals surface area contributed by atoms with Crippen molar-refractivity contribution < 1.29 is 14.6 Å². The molecule has 0 spiro atoms. The van der Waals surface area contributed by atoms with Gasteiger partial charge < -0.3 is 14.6 Å². The number of hydrogen-bond acceptors (Lipinski definition) is 6. The summed E-state index contributed by atoms with van der Waals surface area (Å²) in [7, 11) is 1.51. The monoisotopic (exact) mass is 369 g/mol. The van der Waals surface area contributed by atoms with Gasteiger partial charge in [0.2, 0.25) is 0 Å². The lowest BCUT2D eigenvalue weighted by Gasteiger charge is -2.14. The van der Waals surface area contributed by atoms with Gasteiger partial charge in [-0.25, -0.2) is 9.78 Å². The van der Waals surface area contributed by atoms with Crippen LogP contribution in [0.4, 0.5) is 0 Å². The maximum absolute atomic E-state index is 12.4. The van der Waals surface area contributed by atoms with Crippen molar-refractivity contribution in [2.24, 2.45) is 0 Å². The van der Waals surface area contributed by atoms with Gasteiger partial charge in [0, 0.05) is 18.2 Å². The molecule has 1 unspecified atom stereocenters. The zero-order chi connectivity index (χ0) is 19.0. The number of methoxy groups -OCH3 is 1. The summed E-state index contributed by atoms with van der Waals surface area (Å²) in [6.07, 6.45) is 1.71. The molecule has 0 radical (unpaired) electrons. The van der Waals surface area contributed by atoms with Crippen LogP contribution >= 0.6 is 0 Å². The molecule has 1 atom stereocenters. The molecule has 1 fully saturated rings. The SMILES string of the molecule is COc1ccc(-c2ccc3c(=O)[nH]c(=O)n(CC4CCCO4)c3n2)c(O)c1. The van der Waals surface area contributed by atoms with E-state index in [0.29, 0.717) is 35.5 Å². The lowest BCUT2D eigenvalue weighted by molar-refractivity contribution is 0.0967. The summed E-state index contributed by atoms with van der Waals surface area (Å²) < 4.78 is 12.1. The number of benzene rings is 1. The van der Waals surface area contributed by atoms with Crippen LogP contribution in [-0.2, 0) is 11.3 Å². The molecule has 1 saturated heterocycles. The number of hydrogen-bond donors (Lipinski definition) is 2. The van der Waals surface area contributed by atoms with E-state index in [1.165, 1.54) is 17.7 Å². The van der Waals surface area contributed by atoms with Gasteiger partial charge in [0.15, 0.2) is 0 Å². The highest BCUT2D eigenvalue weighted by Gasteiger charge is 2.20. The first-order valence-corrected chi connectivity index (χ1v) is 8.69. The Balaban J connectivity index is 1.87. The third-order valence-corrected chi connectivity index (χ3v) is 4.73. The number of aromatic amines is 1. The van der Waals surface area contributed by atoms with Crippen LogP contribution in [0.3, 0.4) is 0 Å². The predicted octanol–water partition coefficient (Wildman–Crippen LogP) is 1.64. The van der Waals surface area contributed by atoms with Crippen molar-refractivity contribution in [3.8, 4) is 22.8 Å². The number of fused-ring (bicyclic) bond motifs is 1. The second-order valence-corrected chi connectivity index (χ2v) is 6.46. The Hall–Kier alpha value is -3.13. The minimum absolute atomic E-state index is 0.000867. The van der Waals surface area contributed by atoms with Crippen molar-refractivity contribution in [3.05, 3.63) is 51.2 Å². The Bertz CT molecular complexity index is 1110. The van der Waals surface area contributed by atoms with Gasteiger partial charge in [-0.3, -0.25) is 14.3 Å². The van der Waals surface area contributed by atoms with Crippen LogP contribution in [0.5, 0.6) is 11.5 Å². The Labute approximate surface area is 154 Å². The van der Waals surface area contributed by atoms with E-state index < -0.39 is 11.2 Å². The zero-order valence-corrected chi connectivity index (χ0v) is 14.8. The number of H-pyrrole nitrogens is 1. The summed E-state index contributed by atoms with van der Waals surface area (Å²) in [5.74, 6) is 0.517. The molecule has 0 bridgehead atoms. The molecule has 3 heterocycles. The summed E-state index contributed by atoms with van der Waals surface area (Å²) in [5, 5.41) is 10.6.